The quantitative estimate of drug-likeness (QED) is 0.487. The van der Waals surface area contributed by atoms with Gasteiger partial charge in [0, 0.05) is 0 Å². The van der Waals surface area contributed by atoms with Gasteiger partial charge >= 0.3 is 20.0 Å². The molecule has 2 rings (SSSR count). The summed E-state index contributed by atoms with van der Waals surface area (Å²) in [6.07, 6.45) is -9.05. The molecular weight excluding hydrogens is 381 g/mol. The first-order valence-corrected chi connectivity index (χ1v) is 7.36. The van der Waals surface area contributed by atoms with Gasteiger partial charge in [-0.15, -0.1) is 0 Å². The third kappa shape index (κ3) is 7.59. The van der Waals surface area contributed by atoms with E-state index < -0.39 is 25.6 Å². The first-order valence-electron chi connectivity index (χ1n) is 7.36. The third-order valence-electron chi connectivity index (χ3n) is 2.83. The van der Waals surface area contributed by atoms with Crippen molar-refractivity contribution in [2.75, 3.05) is 13.2 Å². The maximum absolute atomic E-state index is 12.3. The summed E-state index contributed by atoms with van der Waals surface area (Å²) in [4.78, 5) is 0. The van der Waals surface area contributed by atoms with Gasteiger partial charge in [-0.3, -0.25) is 0 Å². The molecule has 145 valence electrons. The van der Waals surface area contributed by atoms with Crippen molar-refractivity contribution < 1.29 is 45.1 Å². The maximum Gasteiger partial charge on any atom is 0.658 e. The Hall–Kier alpha value is -2.72. The van der Waals surface area contributed by atoms with Crippen molar-refractivity contribution in [2.24, 2.45) is 0 Å². The van der Waals surface area contributed by atoms with E-state index in [0.717, 1.165) is 7.69 Å². The summed E-state index contributed by atoms with van der Waals surface area (Å²) in [6.45, 7) is -3.02. The van der Waals surface area contributed by atoms with Gasteiger partial charge in [-0.2, -0.15) is 26.3 Å². The summed E-state index contributed by atoms with van der Waals surface area (Å²) >= 11 is 0. The van der Waals surface area contributed by atoms with Gasteiger partial charge in [-0.25, -0.2) is 0 Å². The van der Waals surface area contributed by atoms with Crippen molar-refractivity contribution in [1.29, 1.82) is 0 Å². The van der Waals surface area contributed by atoms with E-state index in [1.807, 2.05) is 0 Å². The van der Waals surface area contributed by atoms with E-state index in [0.29, 0.717) is 0 Å². The molecule has 11 heteroatoms. The van der Waals surface area contributed by atoms with Gasteiger partial charge in [-0.1, -0.05) is 24.3 Å². The molecule has 0 N–H and O–H groups in total. The van der Waals surface area contributed by atoms with Crippen molar-refractivity contribution >= 4 is 7.69 Å². The van der Waals surface area contributed by atoms with E-state index in [9.17, 15) is 26.3 Å². The molecule has 0 aliphatic rings. The standard InChI is InChI=1S/C16H12BF6O4/c18-15(19,20)9-24-11-5-1-3-7-13(11)26-17-27-14-8-4-2-6-12(14)25-10-16(21,22)23/h1-8H,9-10H2. The lowest BCUT2D eigenvalue weighted by Gasteiger charge is -2.15. The molecule has 0 spiro atoms. The first kappa shape index (κ1) is 20.6. The second kappa shape index (κ2) is 8.78. The number of hydrogen-bond acceptors (Lipinski definition) is 4. The van der Waals surface area contributed by atoms with E-state index in [1.54, 1.807) is 0 Å². The fraction of sp³-hybridized carbons (Fsp3) is 0.250. The molecule has 0 unspecified atom stereocenters. The van der Waals surface area contributed by atoms with E-state index in [4.69, 9.17) is 9.31 Å². The Bertz CT molecular complexity index is 674. The summed E-state index contributed by atoms with van der Waals surface area (Å²) in [5, 5.41) is 0. The highest BCUT2D eigenvalue weighted by Crippen LogP contribution is 2.30. The van der Waals surface area contributed by atoms with Gasteiger partial charge in [0.25, 0.3) is 0 Å². The van der Waals surface area contributed by atoms with Crippen molar-refractivity contribution in [2.45, 2.75) is 12.4 Å². The van der Waals surface area contributed by atoms with E-state index in [-0.39, 0.29) is 23.0 Å². The number of hydrogen-bond donors (Lipinski definition) is 0. The normalized spacial score (nSPS) is 11.6. The number of halogens is 6. The van der Waals surface area contributed by atoms with Gasteiger partial charge in [0.15, 0.2) is 24.7 Å². The van der Waals surface area contributed by atoms with Crippen LogP contribution in [0.2, 0.25) is 0 Å². The van der Waals surface area contributed by atoms with Crippen LogP contribution in [0.15, 0.2) is 48.5 Å². The molecule has 4 nitrogen and oxygen atoms in total. The molecule has 2 aromatic carbocycles. The van der Waals surface area contributed by atoms with Crippen molar-refractivity contribution in [1.82, 2.24) is 0 Å². The minimum atomic E-state index is -4.53. The van der Waals surface area contributed by atoms with E-state index in [1.165, 1.54) is 48.5 Å². The Labute approximate surface area is 150 Å². The zero-order chi connectivity index (χ0) is 19.9. The molecule has 2 aromatic rings. The molecule has 0 bridgehead atoms. The van der Waals surface area contributed by atoms with Crippen LogP contribution in [0, 0.1) is 0 Å². The molecular formula is C16H12BF6O4. The molecule has 0 aromatic heterocycles. The second-order valence-corrected chi connectivity index (χ2v) is 5.03. The van der Waals surface area contributed by atoms with E-state index in [2.05, 4.69) is 9.47 Å². The Balaban J connectivity index is 1.95. The van der Waals surface area contributed by atoms with Crippen LogP contribution in [0.25, 0.3) is 0 Å². The largest absolute Gasteiger partial charge is 0.658 e. The van der Waals surface area contributed by atoms with Crippen LogP contribution in [-0.2, 0) is 0 Å². The summed E-state index contributed by atoms with van der Waals surface area (Å²) in [5.41, 5.74) is 0. The molecule has 1 radical (unpaired) electrons. The minimum Gasteiger partial charge on any atom is -0.524 e. The van der Waals surface area contributed by atoms with Gasteiger partial charge in [0.1, 0.15) is 11.5 Å². The molecule has 0 saturated heterocycles. The molecule has 0 heterocycles. The summed E-state index contributed by atoms with van der Waals surface area (Å²) in [6, 6.07) is 11.0. The second-order valence-electron chi connectivity index (χ2n) is 5.03. The topological polar surface area (TPSA) is 36.9 Å². The van der Waals surface area contributed by atoms with Crippen LogP contribution >= 0.6 is 0 Å². The van der Waals surface area contributed by atoms with Gasteiger partial charge in [-0.05, 0) is 24.3 Å². The minimum absolute atomic E-state index is 0.0737. The summed E-state index contributed by atoms with van der Waals surface area (Å²) < 4.78 is 93.0. The summed E-state index contributed by atoms with van der Waals surface area (Å²) in [7, 11) is 0.742. The monoisotopic (exact) mass is 393 g/mol. The Morgan fingerprint density at radius 3 is 1.26 bits per heavy atom. The molecule has 0 fully saturated rings. The summed E-state index contributed by atoms with van der Waals surface area (Å²) in [5.74, 6) is -0.515. The number of ether oxygens (including phenoxy) is 2. The third-order valence-corrected chi connectivity index (χ3v) is 2.83. The Morgan fingerprint density at radius 1 is 0.593 bits per heavy atom. The van der Waals surface area contributed by atoms with Crippen molar-refractivity contribution in [3.63, 3.8) is 0 Å². The number of rotatable bonds is 8. The van der Waals surface area contributed by atoms with Crippen LogP contribution in [-0.4, -0.2) is 33.3 Å². The number of para-hydroxylation sites is 4. The zero-order valence-electron chi connectivity index (χ0n) is 13.5. The fourth-order valence-corrected chi connectivity index (χ4v) is 1.78. The first-order chi connectivity index (χ1) is 12.6. The Kier molecular flexibility index (Phi) is 6.70. The van der Waals surface area contributed by atoms with Crippen molar-refractivity contribution in [3.8, 4) is 23.0 Å². The van der Waals surface area contributed by atoms with Gasteiger partial charge in [0.2, 0.25) is 0 Å². The van der Waals surface area contributed by atoms with Crippen LogP contribution in [0.5, 0.6) is 23.0 Å². The fourth-order valence-electron chi connectivity index (χ4n) is 1.78. The average molecular weight is 393 g/mol. The van der Waals surface area contributed by atoms with Crippen LogP contribution in [0.3, 0.4) is 0 Å². The number of benzene rings is 2. The average Bonchev–Trinajstić information content (AvgIpc) is 2.58. The molecule has 0 saturated carbocycles. The van der Waals surface area contributed by atoms with Crippen LogP contribution in [0.1, 0.15) is 0 Å². The smallest absolute Gasteiger partial charge is 0.524 e. The lowest BCUT2D eigenvalue weighted by molar-refractivity contribution is -0.154. The van der Waals surface area contributed by atoms with Gasteiger partial charge in [0.05, 0.1) is 0 Å². The van der Waals surface area contributed by atoms with Gasteiger partial charge < -0.3 is 18.8 Å². The Morgan fingerprint density at radius 2 is 0.926 bits per heavy atom. The SMILES string of the molecule is FC(F)(F)COc1ccccc1O[B]Oc1ccccc1OCC(F)(F)F. The predicted octanol–water partition coefficient (Wildman–Crippen LogP) is 4.56. The predicted molar refractivity (Wildman–Crippen MR) is 83.0 cm³/mol. The highest BCUT2D eigenvalue weighted by molar-refractivity contribution is 6.21. The van der Waals surface area contributed by atoms with Crippen LogP contribution < -0.4 is 18.8 Å². The van der Waals surface area contributed by atoms with Crippen LogP contribution in [0.4, 0.5) is 26.3 Å². The van der Waals surface area contributed by atoms with E-state index >= 15 is 0 Å². The molecule has 0 amide bonds. The zero-order valence-corrected chi connectivity index (χ0v) is 13.5. The highest BCUT2D eigenvalue weighted by atomic mass is 19.4. The van der Waals surface area contributed by atoms with Crippen molar-refractivity contribution in [3.05, 3.63) is 48.5 Å². The molecule has 0 aliphatic heterocycles. The number of alkyl halides is 6. The lowest BCUT2D eigenvalue weighted by atomic mass is 10.2. The lowest BCUT2D eigenvalue weighted by Crippen LogP contribution is -2.20. The maximum atomic E-state index is 12.3. The molecule has 27 heavy (non-hydrogen) atoms. The highest BCUT2D eigenvalue weighted by Gasteiger charge is 2.30. The molecule has 0 aliphatic carbocycles. The molecule has 0 atom stereocenters.